The predicted octanol–water partition coefficient (Wildman–Crippen LogP) is 2.29. The van der Waals surface area contributed by atoms with Gasteiger partial charge in [-0.25, -0.2) is 0 Å². The molecule has 1 aliphatic rings. The summed E-state index contributed by atoms with van der Waals surface area (Å²) in [5, 5.41) is 10.1. The highest BCUT2D eigenvalue weighted by Crippen LogP contribution is 2.18. The second-order valence-electron chi connectivity index (χ2n) is 6.18. The minimum absolute atomic E-state index is 0.392. The van der Waals surface area contributed by atoms with Gasteiger partial charge < -0.3 is 28.0 Å². The number of piperidine rings is 1. The van der Waals surface area contributed by atoms with E-state index in [9.17, 15) is 5.11 Å². The van der Waals surface area contributed by atoms with Crippen molar-refractivity contribution in [2.45, 2.75) is 58.6 Å². The van der Waals surface area contributed by atoms with E-state index in [0.29, 0.717) is 33.0 Å². The van der Waals surface area contributed by atoms with E-state index in [1.165, 1.54) is 19.3 Å². The number of hydrogen-bond acceptors (Lipinski definition) is 6. The summed E-state index contributed by atoms with van der Waals surface area (Å²) in [6, 6.07) is 0.755. The zero-order chi connectivity index (χ0) is 17.7. The summed E-state index contributed by atoms with van der Waals surface area (Å²) in [5.41, 5.74) is 0. The highest BCUT2D eigenvalue weighted by molar-refractivity contribution is 6.60. The van der Waals surface area contributed by atoms with Crippen LogP contribution in [0.5, 0.6) is 0 Å². The zero-order valence-corrected chi connectivity index (χ0v) is 16.8. The number of rotatable bonds is 14. The van der Waals surface area contributed by atoms with Gasteiger partial charge in [-0.1, -0.05) is 6.42 Å². The molecule has 0 bridgehead atoms. The van der Waals surface area contributed by atoms with Crippen molar-refractivity contribution in [1.29, 1.82) is 0 Å². The van der Waals surface area contributed by atoms with Crippen LogP contribution < -0.4 is 0 Å². The summed E-state index contributed by atoms with van der Waals surface area (Å²) in [4.78, 5) is 2.33. The van der Waals surface area contributed by atoms with Crippen LogP contribution in [-0.4, -0.2) is 77.6 Å². The van der Waals surface area contributed by atoms with Gasteiger partial charge in [-0.15, -0.1) is 0 Å². The van der Waals surface area contributed by atoms with Gasteiger partial charge in [0.25, 0.3) is 0 Å². The molecule has 0 amide bonds. The first-order valence-corrected chi connectivity index (χ1v) is 11.5. The molecule has 1 unspecified atom stereocenters. The molecule has 0 saturated carbocycles. The Bertz CT molecular complexity index is 286. The lowest BCUT2D eigenvalue weighted by molar-refractivity contribution is 0.0117. The van der Waals surface area contributed by atoms with E-state index in [1.54, 1.807) is 0 Å². The van der Waals surface area contributed by atoms with Gasteiger partial charge in [-0.2, -0.15) is 0 Å². The van der Waals surface area contributed by atoms with E-state index in [0.717, 1.165) is 32.1 Å². The zero-order valence-electron chi connectivity index (χ0n) is 15.8. The Morgan fingerprint density at radius 2 is 1.54 bits per heavy atom. The molecule has 1 atom stereocenters. The molecule has 0 aromatic heterocycles. The topological polar surface area (TPSA) is 60.4 Å². The molecular formula is C17H37NO5Si. The first kappa shape index (κ1) is 22.0. The highest BCUT2D eigenvalue weighted by atomic mass is 28.4. The second kappa shape index (κ2) is 13.2. The normalized spacial score (nSPS) is 18.0. The SMILES string of the molecule is CCO[Si](CCCOCC(O)CN1CCCCC1)(OCC)OCC. The largest absolute Gasteiger partial charge is 0.501 e. The van der Waals surface area contributed by atoms with Gasteiger partial charge in [0.1, 0.15) is 0 Å². The van der Waals surface area contributed by atoms with Crippen LogP contribution in [0.15, 0.2) is 0 Å². The molecule has 1 rings (SSSR count). The molecule has 7 heteroatoms. The number of aliphatic hydroxyl groups is 1. The molecule has 6 nitrogen and oxygen atoms in total. The van der Waals surface area contributed by atoms with Crippen LogP contribution in [0, 0.1) is 0 Å². The quantitative estimate of drug-likeness (QED) is 0.377. The highest BCUT2D eigenvalue weighted by Gasteiger charge is 2.39. The summed E-state index contributed by atoms with van der Waals surface area (Å²) < 4.78 is 23.1. The van der Waals surface area contributed by atoms with E-state index in [2.05, 4.69) is 4.90 Å². The standard InChI is InChI=1S/C17H37NO5Si/c1-4-21-24(22-5-2,23-6-3)14-10-13-20-16-17(19)15-18-11-8-7-9-12-18/h17,19H,4-16H2,1-3H3. The van der Waals surface area contributed by atoms with Gasteiger partial charge in [0.2, 0.25) is 0 Å². The fourth-order valence-electron chi connectivity index (χ4n) is 3.10. The monoisotopic (exact) mass is 363 g/mol. The van der Waals surface area contributed by atoms with Crippen LogP contribution >= 0.6 is 0 Å². The third-order valence-electron chi connectivity index (χ3n) is 4.09. The maximum Gasteiger partial charge on any atom is 0.501 e. The van der Waals surface area contributed by atoms with E-state index in [1.807, 2.05) is 20.8 Å². The molecule has 1 heterocycles. The van der Waals surface area contributed by atoms with E-state index >= 15 is 0 Å². The third-order valence-corrected chi connectivity index (χ3v) is 7.24. The Labute approximate surface area is 148 Å². The maximum absolute atomic E-state index is 10.1. The van der Waals surface area contributed by atoms with Gasteiger partial charge in [-0.05, 0) is 53.1 Å². The molecule has 1 fully saturated rings. The van der Waals surface area contributed by atoms with Crippen LogP contribution in [0.1, 0.15) is 46.5 Å². The Hall–Kier alpha value is -0.0231. The van der Waals surface area contributed by atoms with Crippen molar-refractivity contribution in [3.63, 3.8) is 0 Å². The van der Waals surface area contributed by atoms with Gasteiger partial charge >= 0.3 is 8.80 Å². The van der Waals surface area contributed by atoms with Crippen molar-refractivity contribution < 1.29 is 23.1 Å². The Balaban J connectivity index is 2.19. The minimum Gasteiger partial charge on any atom is -0.389 e. The van der Waals surface area contributed by atoms with Gasteiger partial charge in [0, 0.05) is 39.0 Å². The summed E-state index contributed by atoms with van der Waals surface area (Å²) in [5.74, 6) is 0. The smallest absolute Gasteiger partial charge is 0.389 e. The van der Waals surface area contributed by atoms with Gasteiger partial charge in [0.05, 0.1) is 12.7 Å². The predicted molar refractivity (Wildman–Crippen MR) is 97.2 cm³/mol. The molecule has 0 aromatic rings. The summed E-state index contributed by atoms with van der Waals surface area (Å²) in [6.07, 6.45) is 4.21. The number of aliphatic hydroxyl groups excluding tert-OH is 1. The molecule has 144 valence electrons. The molecule has 0 aromatic carbocycles. The molecule has 1 aliphatic heterocycles. The molecule has 0 radical (unpaired) electrons. The first-order chi connectivity index (χ1) is 11.7. The minimum atomic E-state index is -2.56. The third kappa shape index (κ3) is 8.89. The number of ether oxygens (including phenoxy) is 1. The van der Waals surface area contributed by atoms with E-state index in [-0.39, 0.29) is 0 Å². The van der Waals surface area contributed by atoms with Gasteiger partial charge in [0.15, 0.2) is 0 Å². The average Bonchev–Trinajstić information content (AvgIpc) is 2.56. The van der Waals surface area contributed by atoms with Crippen molar-refractivity contribution in [3.8, 4) is 0 Å². The fraction of sp³-hybridized carbons (Fsp3) is 1.00. The summed E-state index contributed by atoms with van der Waals surface area (Å²) in [6.45, 7) is 11.6. The van der Waals surface area contributed by atoms with Crippen molar-refractivity contribution in [2.75, 3.05) is 52.7 Å². The maximum atomic E-state index is 10.1. The number of β-amino-alcohol motifs (C(OH)–C–C–N with tert-alkyl or cyclic N) is 1. The van der Waals surface area contributed by atoms with E-state index < -0.39 is 14.9 Å². The van der Waals surface area contributed by atoms with Crippen molar-refractivity contribution >= 4 is 8.80 Å². The Kier molecular flexibility index (Phi) is 12.1. The molecule has 0 spiro atoms. The van der Waals surface area contributed by atoms with E-state index in [4.69, 9.17) is 18.0 Å². The van der Waals surface area contributed by atoms with Gasteiger partial charge in [-0.3, -0.25) is 0 Å². The summed E-state index contributed by atoms with van der Waals surface area (Å²) >= 11 is 0. The van der Waals surface area contributed by atoms with Crippen LogP contribution in [-0.2, 0) is 18.0 Å². The molecule has 24 heavy (non-hydrogen) atoms. The van der Waals surface area contributed by atoms with Crippen molar-refractivity contribution in [1.82, 2.24) is 4.90 Å². The lowest BCUT2D eigenvalue weighted by Gasteiger charge is -2.29. The Morgan fingerprint density at radius 3 is 2.08 bits per heavy atom. The van der Waals surface area contributed by atoms with Crippen LogP contribution in [0.25, 0.3) is 0 Å². The second-order valence-corrected chi connectivity index (χ2v) is 8.91. The Morgan fingerprint density at radius 1 is 0.958 bits per heavy atom. The van der Waals surface area contributed by atoms with Crippen molar-refractivity contribution in [2.24, 2.45) is 0 Å². The molecular weight excluding hydrogens is 326 g/mol. The van der Waals surface area contributed by atoms with Crippen LogP contribution in [0.2, 0.25) is 6.04 Å². The number of hydrogen-bond donors (Lipinski definition) is 1. The average molecular weight is 364 g/mol. The van der Waals surface area contributed by atoms with Crippen LogP contribution in [0.3, 0.4) is 0 Å². The lowest BCUT2D eigenvalue weighted by atomic mass is 10.1. The number of likely N-dealkylation sites (tertiary alicyclic amines) is 1. The van der Waals surface area contributed by atoms with Crippen LogP contribution in [0.4, 0.5) is 0 Å². The summed E-state index contributed by atoms with van der Waals surface area (Å²) in [7, 11) is -2.56. The molecule has 1 saturated heterocycles. The van der Waals surface area contributed by atoms with Crippen molar-refractivity contribution in [3.05, 3.63) is 0 Å². The molecule has 1 N–H and O–H groups in total. The fourth-order valence-corrected chi connectivity index (χ4v) is 5.68. The lowest BCUT2D eigenvalue weighted by Crippen LogP contribution is -2.46. The first-order valence-electron chi connectivity index (χ1n) is 9.55. The molecule has 0 aliphatic carbocycles. The number of nitrogens with zero attached hydrogens (tertiary/aromatic N) is 1.